The third-order valence-electron chi connectivity index (χ3n) is 2.45. The molecule has 0 aliphatic rings. The number of nitrogens with one attached hydrogen (secondary N) is 2. The lowest BCUT2D eigenvalue weighted by Crippen LogP contribution is -2.21. The van der Waals surface area contributed by atoms with Crippen molar-refractivity contribution in [2.45, 2.75) is 13.3 Å². The number of carbonyl (C=O) groups is 1. The van der Waals surface area contributed by atoms with Gasteiger partial charge in [0.2, 0.25) is 5.91 Å². The molecule has 0 aliphatic heterocycles. The lowest BCUT2D eigenvalue weighted by molar-refractivity contribution is -0.116. The smallest absolute Gasteiger partial charge is 0.225 e. The van der Waals surface area contributed by atoms with E-state index in [1.807, 2.05) is 50.2 Å². The molecule has 0 atom stereocenters. The van der Waals surface area contributed by atoms with Gasteiger partial charge in [0, 0.05) is 38.4 Å². The summed E-state index contributed by atoms with van der Waals surface area (Å²) in [6.07, 6.45) is 0.503. The van der Waals surface area contributed by atoms with Crippen molar-refractivity contribution in [2.75, 3.05) is 37.4 Å². The van der Waals surface area contributed by atoms with Gasteiger partial charge in [-0.05, 0) is 30.8 Å². The summed E-state index contributed by atoms with van der Waals surface area (Å²) in [4.78, 5) is 13.6. The molecule has 0 fully saturated rings. The Morgan fingerprint density at radius 2 is 1.88 bits per heavy atom. The molecule has 1 amide bonds. The first kappa shape index (κ1) is 13.5. The Morgan fingerprint density at radius 3 is 2.41 bits per heavy atom. The second-order valence-corrected chi connectivity index (χ2v) is 4.09. The van der Waals surface area contributed by atoms with Crippen LogP contribution in [0.4, 0.5) is 11.4 Å². The van der Waals surface area contributed by atoms with Crippen LogP contribution >= 0.6 is 0 Å². The Hall–Kier alpha value is -1.55. The first-order chi connectivity index (χ1) is 8.13. The monoisotopic (exact) mass is 235 g/mol. The summed E-state index contributed by atoms with van der Waals surface area (Å²) in [6, 6.07) is 7.81. The lowest BCUT2D eigenvalue weighted by Gasteiger charge is -2.13. The maximum atomic E-state index is 11.5. The van der Waals surface area contributed by atoms with Crippen molar-refractivity contribution in [3.05, 3.63) is 24.3 Å². The fraction of sp³-hybridized carbons (Fsp3) is 0.462. The Kier molecular flexibility index (Phi) is 5.49. The molecule has 0 spiro atoms. The summed E-state index contributed by atoms with van der Waals surface area (Å²) >= 11 is 0. The molecule has 4 heteroatoms. The Balaban J connectivity index is 2.43. The number of amides is 1. The van der Waals surface area contributed by atoms with E-state index in [9.17, 15) is 4.79 Å². The maximum absolute atomic E-state index is 11.5. The highest BCUT2D eigenvalue weighted by Gasteiger charge is 2.02. The van der Waals surface area contributed by atoms with Crippen LogP contribution in [0.3, 0.4) is 0 Å². The van der Waals surface area contributed by atoms with E-state index in [2.05, 4.69) is 10.6 Å². The quantitative estimate of drug-likeness (QED) is 0.738. The summed E-state index contributed by atoms with van der Waals surface area (Å²) in [5.41, 5.74) is 1.97. The average molecular weight is 235 g/mol. The van der Waals surface area contributed by atoms with Gasteiger partial charge in [-0.3, -0.25) is 4.79 Å². The highest BCUT2D eigenvalue weighted by molar-refractivity contribution is 5.90. The number of carbonyl (C=O) groups excluding carboxylic acids is 1. The van der Waals surface area contributed by atoms with Gasteiger partial charge in [-0.25, -0.2) is 0 Å². The number of hydrogen-bond donors (Lipinski definition) is 2. The SMILES string of the molecule is CCNCCC(=O)Nc1ccc(N(C)C)cc1. The Morgan fingerprint density at radius 1 is 1.24 bits per heavy atom. The van der Waals surface area contributed by atoms with Crippen LogP contribution in [0, 0.1) is 0 Å². The summed E-state index contributed by atoms with van der Waals surface area (Å²) in [5, 5.41) is 5.99. The van der Waals surface area contributed by atoms with Crippen molar-refractivity contribution in [3.63, 3.8) is 0 Å². The number of hydrogen-bond acceptors (Lipinski definition) is 3. The fourth-order valence-electron chi connectivity index (χ4n) is 1.45. The van der Waals surface area contributed by atoms with Crippen LogP contribution in [-0.2, 0) is 4.79 Å². The molecule has 0 saturated heterocycles. The molecule has 17 heavy (non-hydrogen) atoms. The van der Waals surface area contributed by atoms with E-state index in [4.69, 9.17) is 0 Å². The van der Waals surface area contributed by atoms with E-state index in [1.165, 1.54) is 0 Å². The van der Waals surface area contributed by atoms with Gasteiger partial charge in [-0.1, -0.05) is 6.92 Å². The zero-order valence-electron chi connectivity index (χ0n) is 10.8. The number of nitrogens with zero attached hydrogens (tertiary/aromatic N) is 1. The van der Waals surface area contributed by atoms with Crippen molar-refractivity contribution >= 4 is 17.3 Å². The van der Waals surface area contributed by atoms with Crippen molar-refractivity contribution in [1.82, 2.24) is 5.32 Å². The Labute approximate surface area is 103 Å². The van der Waals surface area contributed by atoms with Crippen molar-refractivity contribution in [3.8, 4) is 0 Å². The minimum absolute atomic E-state index is 0.0450. The first-order valence-corrected chi connectivity index (χ1v) is 5.91. The molecule has 0 heterocycles. The minimum Gasteiger partial charge on any atom is -0.378 e. The van der Waals surface area contributed by atoms with Crippen LogP contribution in [0.25, 0.3) is 0 Å². The highest BCUT2D eigenvalue weighted by Crippen LogP contribution is 2.15. The topological polar surface area (TPSA) is 44.4 Å². The third kappa shape index (κ3) is 4.87. The molecular weight excluding hydrogens is 214 g/mol. The highest BCUT2D eigenvalue weighted by atomic mass is 16.1. The van der Waals surface area contributed by atoms with Gasteiger partial charge < -0.3 is 15.5 Å². The number of anilines is 2. The Bertz CT molecular complexity index is 346. The van der Waals surface area contributed by atoms with E-state index >= 15 is 0 Å². The molecule has 0 bridgehead atoms. The molecule has 0 aromatic heterocycles. The van der Waals surface area contributed by atoms with Crippen LogP contribution in [0.5, 0.6) is 0 Å². The van der Waals surface area contributed by atoms with Crippen LogP contribution in [0.1, 0.15) is 13.3 Å². The van der Waals surface area contributed by atoms with Gasteiger partial charge >= 0.3 is 0 Å². The van der Waals surface area contributed by atoms with Crippen molar-refractivity contribution < 1.29 is 4.79 Å². The van der Waals surface area contributed by atoms with Crippen molar-refractivity contribution in [2.24, 2.45) is 0 Å². The lowest BCUT2D eigenvalue weighted by atomic mass is 10.2. The van der Waals surface area contributed by atoms with Gasteiger partial charge in [0.25, 0.3) is 0 Å². The minimum atomic E-state index is 0.0450. The molecule has 1 rings (SSSR count). The second-order valence-electron chi connectivity index (χ2n) is 4.09. The van der Waals surface area contributed by atoms with E-state index in [1.54, 1.807) is 0 Å². The molecule has 1 aromatic carbocycles. The predicted octanol–water partition coefficient (Wildman–Crippen LogP) is 1.69. The van der Waals surface area contributed by atoms with Gasteiger partial charge in [0.1, 0.15) is 0 Å². The van der Waals surface area contributed by atoms with E-state index in [0.717, 1.165) is 24.5 Å². The molecule has 0 unspecified atom stereocenters. The van der Waals surface area contributed by atoms with Gasteiger partial charge in [0.15, 0.2) is 0 Å². The average Bonchev–Trinajstić information content (AvgIpc) is 2.30. The molecule has 4 nitrogen and oxygen atoms in total. The number of rotatable bonds is 6. The first-order valence-electron chi connectivity index (χ1n) is 5.91. The molecule has 0 saturated carbocycles. The molecule has 94 valence electrons. The zero-order chi connectivity index (χ0) is 12.7. The van der Waals surface area contributed by atoms with Gasteiger partial charge in [-0.15, -0.1) is 0 Å². The predicted molar refractivity (Wildman–Crippen MR) is 72.6 cm³/mol. The summed E-state index contributed by atoms with van der Waals surface area (Å²) in [6.45, 7) is 3.64. The van der Waals surface area contributed by atoms with Crippen molar-refractivity contribution in [1.29, 1.82) is 0 Å². The van der Waals surface area contributed by atoms with Gasteiger partial charge in [0.05, 0.1) is 0 Å². The fourth-order valence-corrected chi connectivity index (χ4v) is 1.45. The summed E-state index contributed by atoms with van der Waals surface area (Å²) in [7, 11) is 3.98. The number of benzene rings is 1. The van der Waals surface area contributed by atoms with Gasteiger partial charge in [-0.2, -0.15) is 0 Å². The summed E-state index contributed by atoms with van der Waals surface area (Å²) < 4.78 is 0. The van der Waals surface area contributed by atoms with E-state index in [0.29, 0.717) is 6.42 Å². The third-order valence-corrected chi connectivity index (χ3v) is 2.45. The molecule has 0 aliphatic carbocycles. The van der Waals surface area contributed by atoms with Crippen LogP contribution in [-0.4, -0.2) is 33.1 Å². The normalized spacial score (nSPS) is 10.1. The van der Waals surface area contributed by atoms with Crippen LogP contribution < -0.4 is 15.5 Å². The van der Waals surface area contributed by atoms with E-state index in [-0.39, 0.29) is 5.91 Å². The standard InChI is InChI=1S/C13H21N3O/c1-4-14-10-9-13(17)15-11-5-7-12(8-6-11)16(2)3/h5-8,14H,4,9-10H2,1-3H3,(H,15,17). The molecule has 0 radical (unpaired) electrons. The molecule has 1 aromatic rings. The maximum Gasteiger partial charge on any atom is 0.225 e. The summed E-state index contributed by atoms with van der Waals surface area (Å²) in [5.74, 6) is 0.0450. The van der Waals surface area contributed by atoms with Crippen LogP contribution in [0.15, 0.2) is 24.3 Å². The van der Waals surface area contributed by atoms with E-state index < -0.39 is 0 Å². The second kappa shape index (κ2) is 6.91. The largest absolute Gasteiger partial charge is 0.378 e. The zero-order valence-corrected chi connectivity index (χ0v) is 10.8. The van der Waals surface area contributed by atoms with Crippen LogP contribution in [0.2, 0.25) is 0 Å². The molecular formula is C13H21N3O. The molecule has 2 N–H and O–H groups in total.